The second-order valence-electron chi connectivity index (χ2n) is 3.81. The SMILES string of the molecule is CN(Cc1ccccc1O)S(=O)(=O)c1cnc[nH]1. The van der Waals surface area contributed by atoms with Gasteiger partial charge in [0.15, 0.2) is 5.03 Å². The normalized spacial score (nSPS) is 11.9. The van der Waals surface area contributed by atoms with Crippen molar-refractivity contribution in [2.45, 2.75) is 11.6 Å². The molecule has 0 amide bonds. The van der Waals surface area contributed by atoms with Crippen molar-refractivity contribution in [1.82, 2.24) is 14.3 Å². The number of benzene rings is 1. The summed E-state index contributed by atoms with van der Waals surface area (Å²) in [6.45, 7) is 0.0913. The summed E-state index contributed by atoms with van der Waals surface area (Å²) in [7, 11) is -2.16. The Morgan fingerprint density at radius 3 is 2.72 bits per heavy atom. The predicted molar refractivity (Wildman–Crippen MR) is 65.3 cm³/mol. The molecule has 0 saturated carbocycles. The predicted octanol–water partition coefficient (Wildman–Crippen LogP) is 0.936. The third-order valence-electron chi connectivity index (χ3n) is 2.55. The summed E-state index contributed by atoms with van der Waals surface area (Å²) in [4.78, 5) is 6.24. The first kappa shape index (κ1) is 12.6. The van der Waals surface area contributed by atoms with Crippen molar-refractivity contribution >= 4 is 10.0 Å². The molecule has 1 aromatic carbocycles. The quantitative estimate of drug-likeness (QED) is 0.863. The maximum atomic E-state index is 12.1. The van der Waals surface area contributed by atoms with Crippen molar-refractivity contribution in [3.05, 3.63) is 42.4 Å². The van der Waals surface area contributed by atoms with Gasteiger partial charge in [-0.3, -0.25) is 0 Å². The lowest BCUT2D eigenvalue weighted by Gasteiger charge is -2.16. The summed E-state index contributed by atoms with van der Waals surface area (Å²) >= 11 is 0. The monoisotopic (exact) mass is 267 g/mol. The zero-order valence-corrected chi connectivity index (χ0v) is 10.6. The second-order valence-corrected chi connectivity index (χ2v) is 5.82. The molecule has 7 heteroatoms. The zero-order chi connectivity index (χ0) is 13.2. The van der Waals surface area contributed by atoms with E-state index in [4.69, 9.17) is 0 Å². The smallest absolute Gasteiger partial charge is 0.260 e. The Hall–Kier alpha value is -1.86. The molecule has 2 rings (SSSR count). The van der Waals surface area contributed by atoms with E-state index in [2.05, 4.69) is 9.97 Å². The summed E-state index contributed by atoms with van der Waals surface area (Å²) < 4.78 is 25.3. The van der Waals surface area contributed by atoms with Crippen LogP contribution in [-0.4, -0.2) is 34.8 Å². The summed E-state index contributed by atoms with van der Waals surface area (Å²) in [5.41, 5.74) is 0.545. The third kappa shape index (κ3) is 2.36. The molecule has 0 saturated heterocycles. The Kier molecular flexibility index (Phi) is 3.35. The molecule has 0 unspecified atom stereocenters. The van der Waals surface area contributed by atoms with Gasteiger partial charge in [0, 0.05) is 19.2 Å². The molecule has 0 bridgehead atoms. The lowest BCUT2D eigenvalue weighted by atomic mass is 10.2. The number of H-pyrrole nitrogens is 1. The molecule has 1 aromatic heterocycles. The van der Waals surface area contributed by atoms with E-state index in [1.165, 1.54) is 25.6 Å². The summed E-state index contributed by atoms with van der Waals surface area (Å²) in [6, 6.07) is 6.62. The maximum absolute atomic E-state index is 12.1. The van der Waals surface area contributed by atoms with E-state index in [0.717, 1.165) is 4.31 Å². The Balaban J connectivity index is 2.24. The highest BCUT2D eigenvalue weighted by atomic mass is 32.2. The number of phenolic OH excluding ortho intramolecular Hbond substituents is 1. The number of rotatable bonds is 4. The van der Waals surface area contributed by atoms with E-state index in [0.29, 0.717) is 5.56 Å². The minimum absolute atomic E-state index is 0.0282. The topological polar surface area (TPSA) is 86.3 Å². The largest absolute Gasteiger partial charge is 0.508 e. The summed E-state index contributed by atoms with van der Waals surface area (Å²) in [5, 5.41) is 9.64. The van der Waals surface area contributed by atoms with Crippen molar-refractivity contribution < 1.29 is 13.5 Å². The van der Waals surface area contributed by atoms with E-state index in [1.807, 2.05) is 0 Å². The van der Waals surface area contributed by atoms with Crippen LogP contribution >= 0.6 is 0 Å². The van der Waals surface area contributed by atoms with Gasteiger partial charge in [0.1, 0.15) is 5.75 Å². The number of phenols is 1. The van der Waals surface area contributed by atoms with Gasteiger partial charge >= 0.3 is 0 Å². The van der Waals surface area contributed by atoms with Gasteiger partial charge in [-0.2, -0.15) is 4.31 Å². The van der Waals surface area contributed by atoms with Crippen LogP contribution in [0.5, 0.6) is 5.75 Å². The van der Waals surface area contributed by atoms with Crippen molar-refractivity contribution in [3.63, 3.8) is 0 Å². The van der Waals surface area contributed by atoms with Gasteiger partial charge in [-0.15, -0.1) is 0 Å². The molecule has 0 aliphatic carbocycles. The van der Waals surface area contributed by atoms with Crippen LogP contribution in [0.2, 0.25) is 0 Å². The van der Waals surface area contributed by atoms with Crippen molar-refractivity contribution in [1.29, 1.82) is 0 Å². The molecule has 18 heavy (non-hydrogen) atoms. The number of aromatic amines is 1. The molecule has 1 heterocycles. The van der Waals surface area contributed by atoms with Gasteiger partial charge in [0.25, 0.3) is 10.0 Å². The lowest BCUT2D eigenvalue weighted by molar-refractivity contribution is 0.434. The van der Waals surface area contributed by atoms with Crippen molar-refractivity contribution in [3.8, 4) is 5.75 Å². The van der Waals surface area contributed by atoms with E-state index in [-0.39, 0.29) is 17.3 Å². The number of imidazole rings is 1. The number of hydrogen-bond acceptors (Lipinski definition) is 4. The molecule has 0 fully saturated rings. The number of sulfonamides is 1. The maximum Gasteiger partial charge on any atom is 0.260 e. The highest BCUT2D eigenvalue weighted by molar-refractivity contribution is 7.89. The summed E-state index contributed by atoms with van der Waals surface area (Å²) in [6.07, 6.45) is 2.55. The van der Waals surface area contributed by atoms with Crippen LogP contribution in [-0.2, 0) is 16.6 Å². The van der Waals surface area contributed by atoms with E-state index >= 15 is 0 Å². The number of aromatic hydroxyl groups is 1. The highest BCUT2D eigenvalue weighted by Crippen LogP contribution is 2.20. The van der Waals surface area contributed by atoms with Gasteiger partial charge in [-0.25, -0.2) is 13.4 Å². The average Bonchev–Trinajstić information content (AvgIpc) is 2.86. The minimum Gasteiger partial charge on any atom is -0.508 e. The Bertz CT molecular complexity index is 623. The number of nitrogens with one attached hydrogen (secondary N) is 1. The molecule has 0 spiro atoms. The fraction of sp³-hybridized carbons (Fsp3) is 0.182. The third-order valence-corrected chi connectivity index (χ3v) is 4.27. The first-order valence-electron chi connectivity index (χ1n) is 5.23. The second kappa shape index (κ2) is 4.79. The lowest BCUT2D eigenvalue weighted by Crippen LogP contribution is -2.26. The van der Waals surface area contributed by atoms with E-state index in [9.17, 15) is 13.5 Å². The van der Waals surface area contributed by atoms with Gasteiger partial charge in [-0.05, 0) is 6.07 Å². The minimum atomic E-state index is -3.61. The fourth-order valence-corrected chi connectivity index (χ4v) is 2.56. The number of para-hydroxylation sites is 1. The molecule has 0 aliphatic heterocycles. The first-order chi connectivity index (χ1) is 8.51. The van der Waals surface area contributed by atoms with Crippen LogP contribution < -0.4 is 0 Å². The molecule has 0 atom stereocenters. The van der Waals surface area contributed by atoms with E-state index < -0.39 is 10.0 Å². The number of aromatic nitrogens is 2. The van der Waals surface area contributed by atoms with Crippen LogP contribution in [0.1, 0.15) is 5.56 Å². The standard InChI is InChI=1S/C11H13N3O3S/c1-14(7-9-4-2-3-5-10(9)15)18(16,17)11-6-12-8-13-11/h2-6,8,15H,7H2,1H3,(H,12,13). The van der Waals surface area contributed by atoms with Crippen LogP contribution in [0.4, 0.5) is 0 Å². The number of hydrogen-bond donors (Lipinski definition) is 2. The van der Waals surface area contributed by atoms with Crippen LogP contribution in [0.25, 0.3) is 0 Å². The Labute approximate surface area is 105 Å². The molecule has 0 aliphatic rings. The Morgan fingerprint density at radius 2 is 2.11 bits per heavy atom. The Morgan fingerprint density at radius 1 is 1.39 bits per heavy atom. The number of nitrogens with zero attached hydrogens (tertiary/aromatic N) is 2. The van der Waals surface area contributed by atoms with Gasteiger partial charge < -0.3 is 10.1 Å². The van der Waals surface area contributed by atoms with Crippen LogP contribution in [0.15, 0.2) is 41.8 Å². The first-order valence-corrected chi connectivity index (χ1v) is 6.67. The van der Waals surface area contributed by atoms with Crippen molar-refractivity contribution in [2.24, 2.45) is 0 Å². The zero-order valence-electron chi connectivity index (χ0n) is 9.74. The molecule has 2 N–H and O–H groups in total. The fourth-order valence-electron chi connectivity index (χ4n) is 1.52. The van der Waals surface area contributed by atoms with Crippen LogP contribution in [0, 0.1) is 0 Å². The van der Waals surface area contributed by atoms with Gasteiger partial charge in [0.2, 0.25) is 0 Å². The van der Waals surface area contributed by atoms with Gasteiger partial charge in [0.05, 0.1) is 12.5 Å². The van der Waals surface area contributed by atoms with Crippen LogP contribution in [0.3, 0.4) is 0 Å². The molecule has 6 nitrogen and oxygen atoms in total. The average molecular weight is 267 g/mol. The van der Waals surface area contributed by atoms with Gasteiger partial charge in [-0.1, -0.05) is 18.2 Å². The molecule has 2 aromatic rings. The molecular weight excluding hydrogens is 254 g/mol. The summed E-state index contributed by atoms with van der Waals surface area (Å²) in [5.74, 6) is 0.0733. The molecule has 96 valence electrons. The van der Waals surface area contributed by atoms with Crippen molar-refractivity contribution in [2.75, 3.05) is 7.05 Å². The highest BCUT2D eigenvalue weighted by Gasteiger charge is 2.22. The molecule has 0 radical (unpaired) electrons. The molecular formula is C11H13N3O3S. The van der Waals surface area contributed by atoms with E-state index in [1.54, 1.807) is 18.2 Å².